The summed E-state index contributed by atoms with van der Waals surface area (Å²) >= 11 is 3.37. The van der Waals surface area contributed by atoms with Crippen molar-refractivity contribution in [2.75, 3.05) is 13.2 Å². The third kappa shape index (κ3) is 19.6. The molecule has 12 aromatic rings. The quantitative estimate of drug-likeness (QED) is 0.0305. The molecule has 1 aliphatic rings. The van der Waals surface area contributed by atoms with Crippen LogP contribution in [-0.4, -0.2) is 110 Å². The molecule has 6 aromatic carbocycles. The number of fused-ring (bicyclic) bond motifs is 3. The Hall–Kier alpha value is -10.8. The fraction of sp³-hybridized carbons (Fsp3) is 0.230. The molecule has 1 aliphatic heterocycles. The minimum absolute atomic E-state index is 0.359. The summed E-state index contributed by atoms with van der Waals surface area (Å²) in [6.45, 7) is 22.7. The number of aliphatic hydroxyl groups is 2. The van der Waals surface area contributed by atoms with Gasteiger partial charge in [-0.3, -0.25) is 19.2 Å². The number of carbonyl (C=O) groups excluding carboxylic acids is 2. The highest BCUT2D eigenvalue weighted by Crippen LogP contribution is 2.37. The number of aromatic nitrogens is 6. The number of nitrogens with two attached hydrogens (primary N) is 1. The van der Waals surface area contributed by atoms with E-state index in [1.54, 1.807) is 25.5 Å². The van der Waals surface area contributed by atoms with Crippen LogP contribution >= 0.6 is 15.9 Å². The van der Waals surface area contributed by atoms with E-state index in [2.05, 4.69) is 215 Å². The largest absolute Gasteiger partial charge is 0.495 e. The first-order valence-electron chi connectivity index (χ1n) is 34.8. The molecule has 6 N–H and O–H groups in total. The van der Waals surface area contributed by atoms with Crippen LogP contribution in [0.15, 0.2) is 206 Å². The van der Waals surface area contributed by atoms with E-state index in [0.29, 0.717) is 24.0 Å². The Morgan fingerprint density at radius 3 is 1.33 bits per heavy atom. The topological polar surface area (TPSA) is 246 Å². The average Bonchev–Trinajstić information content (AvgIpc) is 1.58. The van der Waals surface area contributed by atoms with E-state index in [1.807, 2.05) is 118 Å². The molecule has 0 bridgehead atoms. The van der Waals surface area contributed by atoms with E-state index >= 15 is 0 Å². The van der Waals surface area contributed by atoms with Crippen LogP contribution in [0.4, 0.5) is 0 Å². The van der Waals surface area contributed by atoms with Gasteiger partial charge in [0.05, 0.1) is 29.8 Å². The number of hydrogen-bond donors (Lipinski definition) is 5. The van der Waals surface area contributed by atoms with E-state index in [9.17, 15) is 29.4 Å². The summed E-state index contributed by atoms with van der Waals surface area (Å²) in [6, 6.07) is 48.7. The number of carboxylic acids is 2. The first kappa shape index (κ1) is 79.4. The number of carboxylic acid groups (broad SMARTS) is 2. The maximum absolute atomic E-state index is 11.5. The molecule has 0 unspecified atom stereocenters. The number of rotatable bonds is 18. The molecular formula is C87H91BBrN7O10. The van der Waals surface area contributed by atoms with Crippen molar-refractivity contribution in [1.29, 1.82) is 0 Å². The van der Waals surface area contributed by atoms with Crippen molar-refractivity contribution in [3.63, 3.8) is 0 Å². The lowest BCUT2D eigenvalue weighted by molar-refractivity contribution is -0.150. The molecule has 0 amide bonds. The van der Waals surface area contributed by atoms with Crippen LogP contribution in [0.3, 0.4) is 0 Å². The minimum atomic E-state index is -1.49. The van der Waals surface area contributed by atoms with Gasteiger partial charge in [0.1, 0.15) is 35.1 Å². The highest BCUT2D eigenvalue weighted by Gasteiger charge is 2.52. The Kier molecular flexibility index (Phi) is 26.1. The van der Waals surface area contributed by atoms with Crippen molar-refractivity contribution in [2.45, 2.75) is 113 Å². The highest BCUT2D eigenvalue weighted by molar-refractivity contribution is 9.10. The summed E-state index contributed by atoms with van der Waals surface area (Å²) in [4.78, 5) is 56.3. The standard InChI is InChI=1S/C29H30N2O3.C24H20N2O.C23H27BO3.C7H5BrN2.C4H9NO3/c1-20-7-8-22(13-14-29(3,19-32)28(33)34)17-24(20)10-9-23-5-4-6-26(21(23)2)25-11-12-27-30-15-16-31(27)18-25;1-17-6-7-19(16-27)14-21(17)9-8-20-4-3-5-23(18(20)2)22-10-11-24-25-12-13-26(24)15-22;1-16-10-11-18(15-25)14-20(16)13-12-19-8-7-9-21(17(19)2)24-26-22(3,4)23(5,6)27-24;8-6-1-2-7-9-3-4-10(7)5-6;1-4(5,2-6)3(7)8/h4-12,15-18,32H,13-14,19H2,1-3H3,(H,33,34);3-16H,1-2H3;7-15H,1-6H3;1-5H;6H,2,5H2,1H3,(H,7,8)/b10-9+;9-8+;13-12+;;/t29-;;;;4-/m0...0/s1. The lowest BCUT2D eigenvalue weighted by Gasteiger charge is -2.32. The van der Waals surface area contributed by atoms with E-state index in [0.717, 1.165) is 112 Å². The number of aryl methyl sites for hydroxylation is 4. The first-order chi connectivity index (χ1) is 50.5. The maximum atomic E-state index is 11.5. The second-order valence-electron chi connectivity index (χ2n) is 28.0. The molecule has 0 aliphatic carbocycles. The predicted octanol–water partition coefficient (Wildman–Crippen LogP) is 16.9. The van der Waals surface area contributed by atoms with Gasteiger partial charge in [0, 0.05) is 71.4 Å². The number of aldehydes is 2. The molecule has 0 saturated carbocycles. The average molecular weight is 1490 g/mol. The maximum Gasteiger partial charge on any atom is 0.495 e. The number of hydrogen-bond acceptors (Lipinski definition) is 12. The van der Waals surface area contributed by atoms with Crippen LogP contribution in [0.25, 0.3) is 75.7 Å². The molecule has 19 heteroatoms. The smallest absolute Gasteiger partial charge is 0.481 e. The second kappa shape index (κ2) is 34.9. The first-order valence-corrected chi connectivity index (χ1v) is 35.6. The number of pyridine rings is 3. The van der Waals surface area contributed by atoms with Crippen LogP contribution < -0.4 is 11.2 Å². The second-order valence-corrected chi connectivity index (χ2v) is 28.9. The third-order valence-corrected chi connectivity index (χ3v) is 20.1. The molecular weight excluding hydrogens is 1390 g/mol. The van der Waals surface area contributed by atoms with E-state index in [1.165, 1.54) is 29.2 Å². The Morgan fingerprint density at radius 2 is 0.915 bits per heavy atom. The molecule has 7 heterocycles. The number of carbonyl (C=O) groups is 4. The number of aliphatic carboxylic acids is 2. The molecule has 1 fully saturated rings. The molecule has 17 nitrogen and oxygen atoms in total. The van der Waals surface area contributed by atoms with Crippen molar-refractivity contribution in [3.05, 3.63) is 289 Å². The fourth-order valence-electron chi connectivity index (χ4n) is 11.6. The predicted molar refractivity (Wildman–Crippen MR) is 430 cm³/mol. The van der Waals surface area contributed by atoms with E-state index in [4.69, 9.17) is 25.3 Å². The Labute approximate surface area is 628 Å². The van der Waals surface area contributed by atoms with Crippen molar-refractivity contribution < 1.29 is 48.9 Å². The molecule has 544 valence electrons. The minimum Gasteiger partial charge on any atom is -0.481 e. The van der Waals surface area contributed by atoms with E-state index in [-0.39, 0.29) is 24.9 Å². The number of benzene rings is 6. The van der Waals surface area contributed by atoms with Crippen molar-refractivity contribution >= 4 is 106 Å². The summed E-state index contributed by atoms with van der Waals surface area (Å²) in [5.41, 5.74) is 26.3. The summed E-state index contributed by atoms with van der Waals surface area (Å²) < 4.78 is 19.5. The van der Waals surface area contributed by atoms with Crippen LogP contribution in [0.2, 0.25) is 0 Å². The normalized spacial score (nSPS) is 14.1. The van der Waals surface area contributed by atoms with Crippen molar-refractivity contribution in [2.24, 2.45) is 11.1 Å². The lowest BCUT2D eigenvalue weighted by atomic mass is 9.75. The molecule has 2 atom stereocenters. The lowest BCUT2D eigenvalue weighted by Crippen LogP contribution is -2.48. The molecule has 13 rings (SSSR count). The van der Waals surface area contributed by atoms with Crippen molar-refractivity contribution in [3.8, 4) is 22.3 Å². The van der Waals surface area contributed by atoms with Gasteiger partial charge in [0.15, 0.2) is 0 Å². The van der Waals surface area contributed by atoms with E-state index < -0.39 is 29.5 Å². The van der Waals surface area contributed by atoms with Gasteiger partial charge in [-0.1, -0.05) is 134 Å². The zero-order chi connectivity index (χ0) is 76.7. The summed E-state index contributed by atoms with van der Waals surface area (Å²) in [5.74, 6) is -2.16. The zero-order valence-electron chi connectivity index (χ0n) is 62.0. The number of halogens is 1. The zero-order valence-corrected chi connectivity index (χ0v) is 63.5. The van der Waals surface area contributed by atoms with Gasteiger partial charge in [-0.2, -0.15) is 0 Å². The Balaban J connectivity index is 0.000000165. The van der Waals surface area contributed by atoms with Gasteiger partial charge in [-0.05, 0) is 260 Å². The molecule has 1 saturated heterocycles. The summed E-state index contributed by atoms with van der Waals surface area (Å²) in [6.07, 6.45) is 32.7. The van der Waals surface area contributed by atoms with Crippen LogP contribution in [-0.2, 0) is 25.3 Å². The summed E-state index contributed by atoms with van der Waals surface area (Å²) in [7, 11) is -0.372. The Bertz CT molecular complexity index is 5220. The Morgan fingerprint density at radius 1 is 0.509 bits per heavy atom. The third-order valence-electron chi connectivity index (χ3n) is 19.6. The monoisotopic (exact) mass is 1480 g/mol. The highest BCUT2D eigenvalue weighted by atomic mass is 79.9. The fourth-order valence-corrected chi connectivity index (χ4v) is 11.9. The molecule has 0 spiro atoms. The molecule has 6 aromatic heterocycles. The van der Waals surface area contributed by atoms with Crippen LogP contribution in [0.5, 0.6) is 0 Å². The SMILES string of the molecule is Brc1ccc2nccn2c1.C[C@](N)(CO)C(=O)O.Cc1ccc(C=O)cc1/C=C/c1cccc(-c2ccc3nccn3c2)c1C.Cc1ccc(C=O)cc1/C=C/c1cccc(B2OC(C)(C)C(C)(C)O2)c1C.Cc1ccc(CC[C@@](C)(CO)C(=O)O)cc1/C=C/c1cccc(-c2ccc3nccn3c2)c1C. The van der Waals surface area contributed by atoms with Crippen LogP contribution in [0, 0.1) is 47.0 Å². The molecule has 106 heavy (non-hydrogen) atoms. The number of nitrogens with zero attached hydrogens (tertiary/aromatic N) is 6. The van der Waals surface area contributed by atoms with Gasteiger partial charge < -0.3 is 48.7 Å². The van der Waals surface area contributed by atoms with Gasteiger partial charge in [0.25, 0.3) is 0 Å². The van der Waals surface area contributed by atoms with Gasteiger partial charge in [-0.15, -0.1) is 0 Å². The number of aliphatic hydroxyl groups excluding tert-OH is 2. The summed E-state index contributed by atoms with van der Waals surface area (Å²) in [5, 5.41) is 35.3. The van der Waals surface area contributed by atoms with Crippen LogP contribution in [0.1, 0.15) is 141 Å². The van der Waals surface area contributed by atoms with Gasteiger partial charge in [0.2, 0.25) is 0 Å². The van der Waals surface area contributed by atoms with Gasteiger partial charge in [-0.25, -0.2) is 15.0 Å². The van der Waals surface area contributed by atoms with Gasteiger partial charge >= 0.3 is 19.1 Å². The number of imidazole rings is 3. The van der Waals surface area contributed by atoms with Crippen molar-refractivity contribution in [1.82, 2.24) is 28.2 Å². The molecule has 0 radical (unpaired) electrons.